The lowest BCUT2D eigenvalue weighted by Gasteiger charge is -2.35. The standard InChI is InChI=1S/C17H17ClFN5/c1-23-8-6-20-14(23)9-24-7-5-13-16(22-10-21-13)17(24)15-11(18)3-2-4-12(15)19/h2-4,6,8,10,17H,5,7,9H2,1H3,(H,21,22)/t17-/m0/s1. The van der Waals surface area contributed by atoms with E-state index in [4.69, 9.17) is 11.6 Å². The monoisotopic (exact) mass is 345 g/mol. The van der Waals surface area contributed by atoms with Crippen LogP contribution in [-0.2, 0) is 20.0 Å². The lowest BCUT2D eigenvalue weighted by molar-refractivity contribution is 0.190. The minimum atomic E-state index is -0.328. The highest BCUT2D eigenvalue weighted by Gasteiger charge is 2.34. The summed E-state index contributed by atoms with van der Waals surface area (Å²) < 4.78 is 16.6. The average Bonchev–Trinajstić information content (AvgIpc) is 3.18. The summed E-state index contributed by atoms with van der Waals surface area (Å²) in [6, 6.07) is 4.46. The van der Waals surface area contributed by atoms with Crippen molar-refractivity contribution in [1.29, 1.82) is 0 Å². The second-order valence-corrected chi connectivity index (χ2v) is 6.39. The summed E-state index contributed by atoms with van der Waals surface area (Å²) in [6.07, 6.45) is 6.17. The molecule has 0 unspecified atom stereocenters. The van der Waals surface area contributed by atoms with Gasteiger partial charge in [0.15, 0.2) is 0 Å². The van der Waals surface area contributed by atoms with E-state index < -0.39 is 0 Å². The normalized spacial score (nSPS) is 17.9. The quantitative estimate of drug-likeness (QED) is 0.793. The fourth-order valence-electron chi connectivity index (χ4n) is 3.32. The summed E-state index contributed by atoms with van der Waals surface area (Å²) >= 11 is 6.35. The Morgan fingerprint density at radius 1 is 1.38 bits per heavy atom. The van der Waals surface area contributed by atoms with Gasteiger partial charge in [0, 0.05) is 48.7 Å². The molecule has 4 rings (SSSR count). The molecule has 1 aromatic carbocycles. The highest BCUT2D eigenvalue weighted by atomic mass is 35.5. The van der Waals surface area contributed by atoms with E-state index in [1.165, 1.54) is 6.07 Å². The van der Waals surface area contributed by atoms with E-state index in [1.807, 2.05) is 17.8 Å². The molecule has 0 fully saturated rings. The third-order valence-corrected chi connectivity index (χ3v) is 4.89. The SMILES string of the molecule is Cn1ccnc1CN1CCc2[nH]cnc2[C@@H]1c1c(F)cccc1Cl. The first kappa shape index (κ1) is 15.4. The number of benzene rings is 1. The van der Waals surface area contributed by atoms with Crippen LogP contribution in [0.3, 0.4) is 0 Å². The second kappa shape index (κ2) is 6.03. The van der Waals surface area contributed by atoms with Crippen molar-refractivity contribution < 1.29 is 4.39 Å². The smallest absolute Gasteiger partial charge is 0.129 e. The number of hydrogen-bond donors (Lipinski definition) is 1. The molecular formula is C17H17ClFN5. The van der Waals surface area contributed by atoms with Gasteiger partial charge in [-0.25, -0.2) is 14.4 Å². The maximum Gasteiger partial charge on any atom is 0.129 e. The van der Waals surface area contributed by atoms with Crippen LogP contribution in [0.15, 0.2) is 36.9 Å². The van der Waals surface area contributed by atoms with E-state index in [2.05, 4.69) is 19.9 Å². The van der Waals surface area contributed by atoms with Crippen molar-refractivity contribution in [3.05, 3.63) is 70.5 Å². The number of aromatic nitrogens is 4. The zero-order valence-corrected chi connectivity index (χ0v) is 14.0. The molecule has 0 spiro atoms. The van der Waals surface area contributed by atoms with Crippen LogP contribution in [0.1, 0.15) is 28.8 Å². The Morgan fingerprint density at radius 3 is 3.00 bits per heavy atom. The number of imidazole rings is 2. The van der Waals surface area contributed by atoms with Crippen LogP contribution in [0.2, 0.25) is 5.02 Å². The Morgan fingerprint density at radius 2 is 2.25 bits per heavy atom. The topological polar surface area (TPSA) is 49.7 Å². The van der Waals surface area contributed by atoms with Crippen molar-refractivity contribution >= 4 is 11.6 Å². The van der Waals surface area contributed by atoms with E-state index in [0.717, 1.165) is 30.2 Å². The number of halogens is 2. The molecule has 1 aliphatic rings. The second-order valence-electron chi connectivity index (χ2n) is 5.98. The van der Waals surface area contributed by atoms with Gasteiger partial charge in [0.05, 0.1) is 24.6 Å². The van der Waals surface area contributed by atoms with Crippen molar-refractivity contribution in [3.63, 3.8) is 0 Å². The van der Waals surface area contributed by atoms with Crippen molar-refractivity contribution in [2.75, 3.05) is 6.54 Å². The number of nitrogens with one attached hydrogen (secondary N) is 1. The molecule has 1 atom stereocenters. The highest BCUT2D eigenvalue weighted by Crippen LogP contribution is 2.38. The van der Waals surface area contributed by atoms with E-state index in [-0.39, 0.29) is 11.9 Å². The first-order chi connectivity index (χ1) is 11.6. The van der Waals surface area contributed by atoms with E-state index >= 15 is 0 Å². The molecule has 3 aromatic rings. The Hall–Kier alpha value is -2.18. The summed E-state index contributed by atoms with van der Waals surface area (Å²) in [6.45, 7) is 1.38. The lowest BCUT2D eigenvalue weighted by Crippen LogP contribution is -2.37. The highest BCUT2D eigenvalue weighted by molar-refractivity contribution is 6.31. The van der Waals surface area contributed by atoms with Crippen LogP contribution in [0.4, 0.5) is 4.39 Å². The molecule has 124 valence electrons. The third-order valence-electron chi connectivity index (χ3n) is 4.56. The van der Waals surface area contributed by atoms with E-state index in [0.29, 0.717) is 17.1 Å². The summed E-state index contributed by atoms with van der Waals surface area (Å²) in [5, 5.41) is 0.417. The van der Waals surface area contributed by atoms with Crippen LogP contribution >= 0.6 is 11.6 Å². The largest absolute Gasteiger partial charge is 0.348 e. The molecular weight excluding hydrogens is 329 g/mol. The zero-order chi connectivity index (χ0) is 16.7. The number of aryl methyl sites for hydroxylation is 1. The number of hydrogen-bond acceptors (Lipinski definition) is 3. The van der Waals surface area contributed by atoms with E-state index in [1.54, 1.807) is 24.7 Å². The van der Waals surface area contributed by atoms with Crippen LogP contribution in [0.25, 0.3) is 0 Å². The van der Waals surface area contributed by atoms with Crippen LogP contribution < -0.4 is 0 Å². The van der Waals surface area contributed by atoms with Gasteiger partial charge in [0.25, 0.3) is 0 Å². The van der Waals surface area contributed by atoms with Gasteiger partial charge in [0.2, 0.25) is 0 Å². The van der Waals surface area contributed by atoms with Crippen LogP contribution in [0, 0.1) is 5.82 Å². The number of H-pyrrole nitrogens is 1. The predicted molar refractivity (Wildman–Crippen MR) is 89.2 cm³/mol. The van der Waals surface area contributed by atoms with Crippen LogP contribution in [0.5, 0.6) is 0 Å². The Labute approximate surface area is 144 Å². The van der Waals surface area contributed by atoms with Gasteiger partial charge < -0.3 is 9.55 Å². The van der Waals surface area contributed by atoms with Crippen molar-refractivity contribution in [1.82, 2.24) is 24.4 Å². The maximum absolute atomic E-state index is 14.6. The fraction of sp³-hybridized carbons (Fsp3) is 0.294. The Bertz CT molecular complexity index is 851. The average molecular weight is 346 g/mol. The summed E-state index contributed by atoms with van der Waals surface area (Å²) in [5.41, 5.74) is 2.35. The molecule has 3 heterocycles. The Kier molecular flexibility index (Phi) is 3.86. The fourth-order valence-corrected chi connectivity index (χ4v) is 3.58. The van der Waals surface area contributed by atoms with E-state index in [9.17, 15) is 4.39 Å². The van der Waals surface area contributed by atoms with Gasteiger partial charge in [-0.15, -0.1) is 0 Å². The number of nitrogens with zero attached hydrogens (tertiary/aromatic N) is 4. The molecule has 0 bridgehead atoms. The van der Waals surface area contributed by atoms with Gasteiger partial charge in [-0.05, 0) is 12.1 Å². The van der Waals surface area contributed by atoms with Crippen molar-refractivity contribution in [2.45, 2.75) is 19.0 Å². The predicted octanol–water partition coefficient (Wildman–Crippen LogP) is 3.08. The third kappa shape index (κ3) is 2.52. The first-order valence-electron chi connectivity index (χ1n) is 7.81. The van der Waals surface area contributed by atoms with Gasteiger partial charge in [-0.2, -0.15) is 0 Å². The minimum Gasteiger partial charge on any atom is -0.348 e. The van der Waals surface area contributed by atoms with Crippen molar-refractivity contribution in [2.24, 2.45) is 7.05 Å². The molecule has 2 aromatic heterocycles. The molecule has 24 heavy (non-hydrogen) atoms. The Balaban J connectivity index is 1.80. The van der Waals surface area contributed by atoms with Gasteiger partial charge in [0.1, 0.15) is 11.6 Å². The van der Waals surface area contributed by atoms with Gasteiger partial charge in [-0.3, -0.25) is 4.90 Å². The lowest BCUT2D eigenvalue weighted by atomic mass is 9.95. The molecule has 1 N–H and O–H groups in total. The molecule has 0 saturated carbocycles. The summed E-state index contributed by atoms with van der Waals surface area (Å²) in [4.78, 5) is 14.2. The summed E-state index contributed by atoms with van der Waals surface area (Å²) in [7, 11) is 1.96. The minimum absolute atomic E-state index is 0.312. The molecule has 0 radical (unpaired) electrons. The number of aromatic amines is 1. The van der Waals surface area contributed by atoms with Crippen LogP contribution in [-0.4, -0.2) is 31.0 Å². The van der Waals surface area contributed by atoms with Gasteiger partial charge >= 0.3 is 0 Å². The van der Waals surface area contributed by atoms with Gasteiger partial charge in [-0.1, -0.05) is 17.7 Å². The van der Waals surface area contributed by atoms with Crippen molar-refractivity contribution in [3.8, 4) is 0 Å². The molecule has 0 amide bonds. The molecule has 0 aliphatic carbocycles. The summed E-state index contributed by atoms with van der Waals surface area (Å²) in [5.74, 6) is 0.611. The number of rotatable bonds is 3. The first-order valence-corrected chi connectivity index (χ1v) is 8.19. The number of fused-ring (bicyclic) bond motifs is 1. The molecule has 5 nitrogen and oxygen atoms in total. The maximum atomic E-state index is 14.6. The zero-order valence-electron chi connectivity index (χ0n) is 13.2. The molecule has 1 aliphatic heterocycles. The molecule has 7 heteroatoms. The molecule has 0 saturated heterocycles.